The number of carbonyl (C=O) groups is 2. The van der Waals surface area contributed by atoms with Gasteiger partial charge in [-0.15, -0.1) is 11.3 Å². The first kappa shape index (κ1) is 12.0. The Balaban J connectivity index is 2.71. The molecule has 0 bridgehead atoms. The molecule has 6 heteroatoms. The van der Waals surface area contributed by atoms with Crippen molar-refractivity contribution in [2.45, 2.75) is 19.4 Å². The lowest BCUT2D eigenvalue weighted by atomic mass is 10.2. The summed E-state index contributed by atoms with van der Waals surface area (Å²) in [4.78, 5) is 22.6. The zero-order chi connectivity index (χ0) is 11.4. The molecule has 2 N–H and O–H groups in total. The molecule has 1 aromatic rings. The maximum absolute atomic E-state index is 11.6. The number of carboxylic acid groups (broad SMARTS) is 1. The first-order valence-corrected chi connectivity index (χ1v) is 5.58. The summed E-state index contributed by atoms with van der Waals surface area (Å²) >= 11 is 6.93. The molecule has 0 aromatic carbocycles. The molecule has 0 radical (unpaired) electrons. The lowest BCUT2D eigenvalue weighted by Gasteiger charge is -2.11. The SMILES string of the molecule is CC[C@H](NC(=O)c1sccc1Cl)C(=O)O. The third-order valence-electron chi connectivity index (χ3n) is 1.84. The summed E-state index contributed by atoms with van der Waals surface area (Å²) in [5.74, 6) is -1.48. The van der Waals surface area contributed by atoms with E-state index in [1.165, 1.54) is 11.3 Å². The van der Waals surface area contributed by atoms with Crippen LogP contribution in [0.2, 0.25) is 5.02 Å². The van der Waals surface area contributed by atoms with Crippen molar-refractivity contribution in [2.24, 2.45) is 0 Å². The molecule has 82 valence electrons. The number of halogens is 1. The van der Waals surface area contributed by atoms with Gasteiger partial charge in [0.1, 0.15) is 10.9 Å². The van der Waals surface area contributed by atoms with Crippen LogP contribution in [0, 0.1) is 0 Å². The van der Waals surface area contributed by atoms with E-state index in [0.717, 1.165) is 0 Å². The van der Waals surface area contributed by atoms with Gasteiger partial charge in [0, 0.05) is 0 Å². The Hall–Kier alpha value is -1.07. The van der Waals surface area contributed by atoms with Crippen molar-refractivity contribution in [3.8, 4) is 0 Å². The van der Waals surface area contributed by atoms with Gasteiger partial charge in [0.25, 0.3) is 5.91 Å². The number of hydrogen-bond donors (Lipinski definition) is 2. The topological polar surface area (TPSA) is 66.4 Å². The van der Waals surface area contributed by atoms with Gasteiger partial charge in [0.2, 0.25) is 0 Å². The van der Waals surface area contributed by atoms with Gasteiger partial charge in [0.05, 0.1) is 5.02 Å². The van der Waals surface area contributed by atoms with Crippen molar-refractivity contribution in [1.82, 2.24) is 5.32 Å². The number of thiophene rings is 1. The lowest BCUT2D eigenvalue weighted by molar-refractivity contribution is -0.139. The van der Waals surface area contributed by atoms with Crippen molar-refractivity contribution < 1.29 is 14.7 Å². The molecule has 1 heterocycles. The second kappa shape index (κ2) is 5.14. The van der Waals surface area contributed by atoms with E-state index in [2.05, 4.69) is 5.32 Å². The molecule has 4 nitrogen and oxygen atoms in total. The van der Waals surface area contributed by atoms with E-state index in [1.807, 2.05) is 0 Å². The fraction of sp³-hybridized carbons (Fsp3) is 0.333. The maximum Gasteiger partial charge on any atom is 0.326 e. The minimum absolute atomic E-state index is 0.337. The van der Waals surface area contributed by atoms with Crippen LogP contribution in [0.4, 0.5) is 0 Å². The zero-order valence-electron chi connectivity index (χ0n) is 7.99. The summed E-state index contributed by atoms with van der Waals surface area (Å²) in [7, 11) is 0. The highest BCUT2D eigenvalue weighted by atomic mass is 35.5. The van der Waals surface area contributed by atoms with Gasteiger partial charge in [-0.25, -0.2) is 4.79 Å². The Kier molecular flexibility index (Phi) is 4.11. The molecule has 15 heavy (non-hydrogen) atoms. The van der Waals surface area contributed by atoms with E-state index in [9.17, 15) is 9.59 Å². The molecule has 0 aliphatic carbocycles. The predicted octanol–water partition coefficient (Wildman–Crippen LogP) is 1.99. The Morgan fingerprint density at radius 3 is 2.73 bits per heavy atom. The summed E-state index contributed by atoms with van der Waals surface area (Å²) in [6.45, 7) is 1.69. The number of hydrogen-bond acceptors (Lipinski definition) is 3. The van der Waals surface area contributed by atoms with Gasteiger partial charge in [-0.1, -0.05) is 18.5 Å². The smallest absolute Gasteiger partial charge is 0.326 e. The Morgan fingerprint density at radius 2 is 2.33 bits per heavy atom. The normalized spacial score (nSPS) is 12.1. The van der Waals surface area contributed by atoms with E-state index in [4.69, 9.17) is 16.7 Å². The number of amides is 1. The van der Waals surface area contributed by atoms with Gasteiger partial charge < -0.3 is 10.4 Å². The summed E-state index contributed by atoms with van der Waals surface area (Å²) < 4.78 is 0. The molecule has 0 spiro atoms. The highest BCUT2D eigenvalue weighted by Crippen LogP contribution is 2.21. The van der Waals surface area contributed by atoms with E-state index >= 15 is 0 Å². The number of rotatable bonds is 4. The van der Waals surface area contributed by atoms with Gasteiger partial charge in [0.15, 0.2) is 0 Å². The molecule has 0 saturated heterocycles. The van der Waals surface area contributed by atoms with Crippen LogP contribution < -0.4 is 5.32 Å². The van der Waals surface area contributed by atoms with Gasteiger partial charge in [-0.3, -0.25) is 4.79 Å². The van der Waals surface area contributed by atoms with Crippen LogP contribution in [0.1, 0.15) is 23.0 Å². The second-order valence-electron chi connectivity index (χ2n) is 2.87. The van der Waals surface area contributed by atoms with Crippen molar-refractivity contribution in [3.63, 3.8) is 0 Å². The van der Waals surface area contributed by atoms with Crippen molar-refractivity contribution >= 4 is 34.8 Å². The van der Waals surface area contributed by atoms with Crippen LogP contribution in [0.3, 0.4) is 0 Å². The highest BCUT2D eigenvalue weighted by molar-refractivity contribution is 7.12. The Morgan fingerprint density at radius 1 is 1.67 bits per heavy atom. The fourth-order valence-electron chi connectivity index (χ4n) is 1.02. The van der Waals surface area contributed by atoms with E-state index in [-0.39, 0.29) is 0 Å². The summed E-state index contributed by atoms with van der Waals surface area (Å²) in [5, 5.41) is 13.2. The zero-order valence-corrected chi connectivity index (χ0v) is 9.56. The molecule has 0 fully saturated rings. The minimum atomic E-state index is -1.04. The average Bonchev–Trinajstić information content (AvgIpc) is 2.60. The molecule has 0 unspecified atom stereocenters. The van der Waals surface area contributed by atoms with Gasteiger partial charge in [-0.2, -0.15) is 0 Å². The van der Waals surface area contributed by atoms with E-state index in [0.29, 0.717) is 16.3 Å². The monoisotopic (exact) mass is 247 g/mol. The lowest BCUT2D eigenvalue weighted by Crippen LogP contribution is -2.40. The highest BCUT2D eigenvalue weighted by Gasteiger charge is 2.20. The number of aliphatic carboxylic acids is 1. The third-order valence-corrected chi connectivity index (χ3v) is 3.18. The van der Waals surface area contributed by atoms with Crippen molar-refractivity contribution in [1.29, 1.82) is 0 Å². The van der Waals surface area contributed by atoms with Crippen molar-refractivity contribution in [3.05, 3.63) is 21.3 Å². The quantitative estimate of drug-likeness (QED) is 0.855. The summed E-state index contributed by atoms with van der Waals surface area (Å²) in [6, 6.07) is 0.735. The Bertz CT molecular complexity index is 377. The summed E-state index contributed by atoms with van der Waals surface area (Å²) in [6.07, 6.45) is 0.337. The predicted molar refractivity (Wildman–Crippen MR) is 58.5 cm³/mol. The number of carbonyl (C=O) groups excluding carboxylic acids is 1. The molecular weight excluding hydrogens is 238 g/mol. The van der Waals surface area contributed by atoms with Crippen LogP contribution in [0.5, 0.6) is 0 Å². The molecule has 1 atom stereocenters. The Labute approximate surface area is 95.9 Å². The van der Waals surface area contributed by atoms with Gasteiger partial charge in [-0.05, 0) is 17.9 Å². The van der Waals surface area contributed by atoms with Crippen LogP contribution in [0.25, 0.3) is 0 Å². The number of carboxylic acids is 1. The average molecular weight is 248 g/mol. The molecule has 1 aromatic heterocycles. The molecule has 1 amide bonds. The molecule has 1 rings (SSSR count). The maximum atomic E-state index is 11.6. The molecule has 0 aliphatic heterocycles. The second-order valence-corrected chi connectivity index (χ2v) is 4.19. The number of nitrogens with one attached hydrogen (secondary N) is 1. The van der Waals surface area contributed by atoms with Crippen LogP contribution in [0.15, 0.2) is 11.4 Å². The largest absolute Gasteiger partial charge is 0.480 e. The van der Waals surface area contributed by atoms with Crippen LogP contribution >= 0.6 is 22.9 Å². The van der Waals surface area contributed by atoms with E-state index in [1.54, 1.807) is 18.4 Å². The first-order chi connectivity index (χ1) is 7.06. The molecule has 0 saturated carbocycles. The minimum Gasteiger partial charge on any atom is -0.480 e. The molecular formula is C9H10ClNO3S. The fourth-order valence-corrected chi connectivity index (χ4v) is 2.06. The van der Waals surface area contributed by atoms with Gasteiger partial charge >= 0.3 is 5.97 Å². The van der Waals surface area contributed by atoms with Crippen LogP contribution in [-0.2, 0) is 4.79 Å². The van der Waals surface area contributed by atoms with E-state index < -0.39 is 17.9 Å². The first-order valence-electron chi connectivity index (χ1n) is 4.33. The summed E-state index contributed by atoms with van der Waals surface area (Å²) in [5.41, 5.74) is 0. The molecule has 0 aliphatic rings. The van der Waals surface area contributed by atoms with Crippen LogP contribution in [-0.4, -0.2) is 23.0 Å². The standard InChI is InChI=1S/C9H10ClNO3S/c1-2-6(9(13)14)11-8(12)7-5(10)3-4-15-7/h3-4,6H,2H2,1H3,(H,11,12)(H,13,14)/t6-/m0/s1. The third kappa shape index (κ3) is 2.94. The van der Waals surface area contributed by atoms with Crippen molar-refractivity contribution in [2.75, 3.05) is 0 Å².